The molecule has 2 rings (SSSR count). The van der Waals surface area contributed by atoms with Crippen LogP contribution in [-0.4, -0.2) is 16.0 Å². The van der Waals surface area contributed by atoms with Crippen LogP contribution in [0.5, 0.6) is 0 Å². The number of hydrogen-bond donors (Lipinski definition) is 1. The van der Waals surface area contributed by atoms with Crippen LogP contribution in [0.1, 0.15) is 25.7 Å². The van der Waals surface area contributed by atoms with Gasteiger partial charge in [-0.15, -0.1) is 0 Å². The Morgan fingerprint density at radius 1 is 1.00 bits per heavy atom. The second kappa shape index (κ2) is 2.49. The summed E-state index contributed by atoms with van der Waals surface area (Å²) in [5.41, 5.74) is 0. The van der Waals surface area contributed by atoms with Crippen molar-refractivity contribution in [1.82, 2.24) is 0 Å². The summed E-state index contributed by atoms with van der Waals surface area (Å²) in [5.74, 6) is 1.42. The second-order valence-corrected chi connectivity index (χ2v) is 4.74. The van der Waals surface area contributed by atoms with E-state index in [0.717, 1.165) is 12.3 Å². The standard InChI is InChI=1S/C8H13BrO/c9-7-3-1-6-5(7)2-4-8(6)10/h5-8,10H,1-4H2. The van der Waals surface area contributed by atoms with E-state index in [4.69, 9.17) is 0 Å². The lowest BCUT2D eigenvalue weighted by Gasteiger charge is -2.13. The Morgan fingerprint density at radius 2 is 1.70 bits per heavy atom. The number of halogens is 1. The van der Waals surface area contributed by atoms with Crippen molar-refractivity contribution in [3.63, 3.8) is 0 Å². The summed E-state index contributed by atoms with van der Waals surface area (Å²) in [6.45, 7) is 0. The quantitative estimate of drug-likeness (QED) is 0.599. The molecule has 2 heteroatoms. The first kappa shape index (κ1) is 7.11. The number of hydrogen-bond acceptors (Lipinski definition) is 1. The molecule has 0 spiro atoms. The molecule has 2 aliphatic rings. The van der Waals surface area contributed by atoms with Crippen molar-refractivity contribution < 1.29 is 5.11 Å². The van der Waals surface area contributed by atoms with E-state index in [2.05, 4.69) is 15.9 Å². The lowest BCUT2D eigenvalue weighted by atomic mass is 9.99. The fourth-order valence-electron chi connectivity index (χ4n) is 2.50. The molecule has 1 N–H and O–H groups in total. The molecule has 2 aliphatic carbocycles. The van der Waals surface area contributed by atoms with E-state index in [-0.39, 0.29) is 6.10 Å². The number of alkyl halides is 1. The minimum atomic E-state index is 0.0209. The second-order valence-electron chi connectivity index (χ2n) is 3.57. The van der Waals surface area contributed by atoms with Crippen LogP contribution < -0.4 is 0 Å². The summed E-state index contributed by atoms with van der Waals surface area (Å²) in [7, 11) is 0. The molecular formula is C8H13BrO. The van der Waals surface area contributed by atoms with Gasteiger partial charge in [-0.3, -0.25) is 0 Å². The van der Waals surface area contributed by atoms with Crippen molar-refractivity contribution in [2.24, 2.45) is 11.8 Å². The van der Waals surface area contributed by atoms with E-state index in [9.17, 15) is 5.11 Å². The molecule has 10 heavy (non-hydrogen) atoms. The Labute approximate surface area is 69.9 Å². The molecule has 0 radical (unpaired) electrons. The SMILES string of the molecule is OC1CCC2C(Br)CCC12. The lowest BCUT2D eigenvalue weighted by Crippen LogP contribution is -2.15. The molecule has 0 heterocycles. The fourth-order valence-corrected chi connectivity index (χ4v) is 3.42. The molecule has 0 saturated heterocycles. The number of aliphatic hydroxyl groups is 1. The zero-order valence-electron chi connectivity index (χ0n) is 5.96. The maximum Gasteiger partial charge on any atom is 0.0571 e. The minimum Gasteiger partial charge on any atom is -0.393 e. The third kappa shape index (κ3) is 0.928. The van der Waals surface area contributed by atoms with Crippen LogP contribution in [-0.2, 0) is 0 Å². The van der Waals surface area contributed by atoms with E-state index >= 15 is 0 Å². The van der Waals surface area contributed by atoms with Crippen LogP contribution in [0.15, 0.2) is 0 Å². The molecule has 2 saturated carbocycles. The largest absolute Gasteiger partial charge is 0.393 e. The monoisotopic (exact) mass is 204 g/mol. The van der Waals surface area contributed by atoms with Crippen molar-refractivity contribution >= 4 is 15.9 Å². The average molecular weight is 205 g/mol. The van der Waals surface area contributed by atoms with Gasteiger partial charge in [0.1, 0.15) is 0 Å². The van der Waals surface area contributed by atoms with Gasteiger partial charge in [-0.2, -0.15) is 0 Å². The molecule has 0 aromatic rings. The topological polar surface area (TPSA) is 20.2 Å². The van der Waals surface area contributed by atoms with E-state index in [1.807, 2.05) is 0 Å². The van der Waals surface area contributed by atoms with Gasteiger partial charge in [0.05, 0.1) is 6.10 Å². The molecular weight excluding hydrogens is 192 g/mol. The van der Waals surface area contributed by atoms with Crippen molar-refractivity contribution in [3.05, 3.63) is 0 Å². The van der Waals surface area contributed by atoms with Crippen molar-refractivity contribution in [2.75, 3.05) is 0 Å². The maximum atomic E-state index is 9.50. The van der Waals surface area contributed by atoms with Crippen LogP contribution in [0.3, 0.4) is 0 Å². The van der Waals surface area contributed by atoms with Crippen molar-refractivity contribution in [1.29, 1.82) is 0 Å². The van der Waals surface area contributed by atoms with E-state index < -0.39 is 0 Å². The maximum absolute atomic E-state index is 9.50. The Kier molecular flexibility index (Phi) is 1.77. The predicted molar refractivity (Wildman–Crippen MR) is 44.2 cm³/mol. The van der Waals surface area contributed by atoms with E-state index in [0.29, 0.717) is 10.7 Å². The van der Waals surface area contributed by atoms with Gasteiger partial charge in [0.25, 0.3) is 0 Å². The molecule has 0 amide bonds. The third-order valence-corrected chi connectivity index (χ3v) is 4.22. The van der Waals surface area contributed by atoms with Gasteiger partial charge in [0, 0.05) is 4.83 Å². The molecule has 1 nitrogen and oxygen atoms in total. The first-order chi connectivity index (χ1) is 4.79. The highest BCUT2D eigenvalue weighted by atomic mass is 79.9. The Bertz CT molecular complexity index is 121. The van der Waals surface area contributed by atoms with E-state index in [1.165, 1.54) is 19.3 Å². The molecule has 4 unspecified atom stereocenters. The fraction of sp³-hybridized carbons (Fsp3) is 1.00. The number of fused-ring (bicyclic) bond motifs is 1. The van der Waals surface area contributed by atoms with Gasteiger partial charge < -0.3 is 5.11 Å². The number of rotatable bonds is 0. The summed E-state index contributed by atoms with van der Waals surface area (Å²) in [5, 5.41) is 9.50. The Morgan fingerprint density at radius 3 is 2.40 bits per heavy atom. The molecule has 0 aromatic carbocycles. The zero-order valence-corrected chi connectivity index (χ0v) is 7.55. The summed E-state index contributed by atoms with van der Waals surface area (Å²) < 4.78 is 0. The molecule has 2 fully saturated rings. The highest BCUT2D eigenvalue weighted by Gasteiger charge is 2.42. The number of aliphatic hydroxyl groups excluding tert-OH is 1. The van der Waals surface area contributed by atoms with Crippen LogP contribution >= 0.6 is 15.9 Å². The first-order valence-electron chi connectivity index (χ1n) is 4.11. The predicted octanol–water partition coefficient (Wildman–Crippen LogP) is 1.93. The molecule has 58 valence electrons. The zero-order chi connectivity index (χ0) is 7.14. The molecule has 0 aromatic heterocycles. The van der Waals surface area contributed by atoms with Crippen LogP contribution in [0.25, 0.3) is 0 Å². The van der Waals surface area contributed by atoms with Crippen molar-refractivity contribution in [3.8, 4) is 0 Å². The van der Waals surface area contributed by atoms with Gasteiger partial charge in [-0.25, -0.2) is 0 Å². The third-order valence-electron chi connectivity index (χ3n) is 3.08. The van der Waals surface area contributed by atoms with Crippen LogP contribution in [0.2, 0.25) is 0 Å². The highest BCUT2D eigenvalue weighted by molar-refractivity contribution is 9.09. The summed E-state index contributed by atoms with van der Waals surface area (Å²) >= 11 is 3.66. The Balaban J connectivity index is 2.09. The summed E-state index contributed by atoms with van der Waals surface area (Å²) in [6.07, 6.45) is 4.81. The lowest BCUT2D eigenvalue weighted by molar-refractivity contribution is 0.126. The normalized spacial score (nSPS) is 53.4. The van der Waals surface area contributed by atoms with Gasteiger partial charge in [0.2, 0.25) is 0 Å². The Hall–Kier alpha value is 0.440. The molecule has 4 atom stereocenters. The van der Waals surface area contributed by atoms with Crippen LogP contribution in [0, 0.1) is 11.8 Å². The summed E-state index contributed by atoms with van der Waals surface area (Å²) in [6, 6.07) is 0. The van der Waals surface area contributed by atoms with Crippen molar-refractivity contribution in [2.45, 2.75) is 36.6 Å². The van der Waals surface area contributed by atoms with Gasteiger partial charge in [-0.05, 0) is 37.5 Å². The highest BCUT2D eigenvalue weighted by Crippen LogP contribution is 2.46. The van der Waals surface area contributed by atoms with Gasteiger partial charge >= 0.3 is 0 Å². The minimum absolute atomic E-state index is 0.0209. The van der Waals surface area contributed by atoms with Gasteiger partial charge in [-0.1, -0.05) is 15.9 Å². The average Bonchev–Trinajstić information content (AvgIpc) is 2.41. The molecule has 0 aliphatic heterocycles. The molecule has 0 bridgehead atoms. The van der Waals surface area contributed by atoms with E-state index in [1.54, 1.807) is 0 Å². The van der Waals surface area contributed by atoms with Crippen LogP contribution in [0.4, 0.5) is 0 Å². The first-order valence-corrected chi connectivity index (χ1v) is 5.03. The smallest absolute Gasteiger partial charge is 0.0571 e. The summed E-state index contributed by atoms with van der Waals surface area (Å²) in [4.78, 5) is 0.703. The van der Waals surface area contributed by atoms with Gasteiger partial charge in [0.15, 0.2) is 0 Å².